The number of carbonyl (C=O) groups is 2. The summed E-state index contributed by atoms with van der Waals surface area (Å²) in [7, 11) is 3.53. The van der Waals surface area contributed by atoms with Crippen molar-refractivity contribution in [3.8, 4) is 0 Å². The third kappa shape index (κ3) is 5.41. The number of urea groups is 1. The summed E-state index contributed by atoms with van der Waals surface area (Å²) in [5, 5.41) is 16.0. The number of nitrogens with zero attached hydrogens (tertiary/aromatic N) is 3. The zero-order valence-corrected chi connectivity index (χ0v) is 15.1. The summed E-state index contributed by atoms with van der Waals surface area (Å²) in [5.74, 6) is 0.124. The van der Waals surface area contributed by atoms with Crippen LogP contribution in [0.2, 0.25) is 0 Å². The highest BCUT2D eigenvalue weighted by Gasteiger charge is 2.30. The normalized spacial score (nSPS) is 16.9. The Kier molecular flexibility index (Phi) is 6.90. The highest BCUT2D eigenvalue weighted by atomic mass is 16.6. The van der Waals surface area contributed by atoms with Gasteiger partial charge in [-0.2, -0.15) is 0 Å². The minimum absolute atomic E-state index is 0.0660. The molecule has 0 aliphatic carbocycles. The third-order valence-electron chi connectivity index (χ3n) is 4.31. The molecule has 0 saturated carbocycles. The molecule has 1 fully saturated rings. The summed E-state index contributed by atoms with van der Waals surface area (Å²) >= 11 is 0. The number of non-ortho nitro benzene ring substituents is 1. The second-order valence-electron chi connectivity index (χ2n) is 6.47. The number of rotatable bonds is 7. The molecule has 0 radical (unpaired) electrons. The zero-order valence-electron chi connectivity index (χ0n) is 15.1. The molecule has 0 unspecified atom stereocenters. The maximum absolute atomic E-state index is 12.1. The molecule has 1 heterocycles. The van der Waals surface area contributed by atoms with Gasteiger partial charge in [0.05, 0.1) is 11.0 Å². The number of hydrogen-bond donors (Lipinski definition) is 2. The van der Waals surface area contributed by atoms with Crippen molar-refractivity contribution in [2.75, 3.05) is 39.0 Å². The Morgan fingerprint density at radius 1 is 1.38 bits per heavy atom. The van der Waals surface area contributed by atoms with Gasteiger partial charge in [-0.3, -0.25) is 19.8 Å². The molecular weight excluding hydrogens is 338 g/mol. The number of amides is 3. The minimum Gasteiger partial charge on any atom is -0.347 e. The molecule has 2 N–H and O–H groups in total. The fourth-order valence-electron chi connectivity index (χ4n) is 3.03. The summed E-state index contributed by atoms with van der Waals surface area (Å²) in [6.45, 7) is 2.09. The van der Waals surface area contributed by atoms with Gasteiger partial charge in [0.2, 0.25) is 5.91 Å². The third-order valence-corrected chi connectivity index (χ3v) is 4.31. The van der Waals surface area contributed by atoms with Crippen LogP contribution in [0.5, 0.6) is 0 Å². The molecule has 9 heteroatoms. The molecule has 0 bridgehead atoms. The number of hydrogen-bond acceptors (Lipinski definition) is 5. The molecule has 0 aromatic heterocycles. The lowest BCUT2D eigenvalue weighted by atomic mass is 10.2. The van der Waals surface area contributed by atoms with Crippen LogP contribution in [0.15, 0.2) is 24.3 Å². The van der Waals surface area contributed by atoms with Gasteiger partial charge >= 0.3 is 6.03 Å². The Bertz CT molecular complexity index is 664. The van der Waals surface area contributed by atoms with Gasteiger partial charge in [-0.15, -0.1) is 0 Å². The van der Waals surface area contributed by atoms with Crippen molar-refractivity contribution < 1.29 is 14.5 Å². The predicted octanol–water partition coefficient (Wildman–Crippen LogP) is 1.66. The molecule has 3 amide bonds. The second kappa shape index (κ2) is 9.14. The van der Waals surface area contributed by atoms with Gasteiger partial charge in [0, 0.05) is 45.0 Å². The van der Waals surface area contributed by atoms with Crippen molar-refractivity contribution in [3.05, 3.63) is 34.4 Å². The average Bonchev–Trinajstić information content (AvgIpc) is 3.06. The Hall–Kier alpha value is -2.68. The van der Waals surface area contributed by atoms with E-state index in [0.717, 1.165) is 32.4 Å². The van der Waals surface area contributed by atoms with Gasteiger partial charge in [-0.25, -0.2) is 4.79 Å². The highest BCUT2D eigenvalue weighted by molar-refractivity contribution is 5.89. The Morgan fingerprint density at radius 3 is 2.85 bits per heavy atom. The van der Waals surface area contributed by atoms with Crippen molar-refractivity contribution >= 4 is 23.3 Å². The van der Waals surface area contributed by atoms with Crippen LogP contribution in [0.3, 0.4) is 0 Å². The molecule has 1 saturated heterocycles. The molecule has 2 rings (SSSR count). The molecule has 142 valence electrons. The van der Waals surface area contributed by atoms with Crippen LogP contribution in [-0.4, -0.2) is 66.4 Å². The van der Waals surface area contributed by atoms with Crippen molar-refractivity contribution in [1.29, 1.82) is 0 Å². The molecule has 1 aromatic carbocycles. The Morgan fingerprint density at radius 2 is 2.15 bits per heavy atom. The topological polar surface area (TPSA) is 108 Å². The van der Waals surface area contributed by atoms with Gasteiger partial charge < -0.3 is 15.5 Å². The first-order valence-corrected chi connectivity index (χ1v) is 8.63. The van der Waals surface area contributed by atoms with Crippen molar-refractivity contribution in [1.82, 2.24) is 15.1 Å². The molecule has 1 atom stereocenters. The van der Waals surface area contributed by atoms with Crippen LogP contribution in [0.4, 0.5) is 16.2 Å². The first-order chi connectivity index (χ1) is 12.4. The lowest BCUT2D eigenvalue weighted by Gasteiger charge is -2.26. The van der Waals surface area contributed by atoms with Crippen LogP contribution in [0.25, 0.3) is 0 Å². The summed E-state index contributed by atoms with van der Waals surface area (Å²) in [6.07, 6.45) is 2.60. The van der Waals surface area contributed by atoms with E-state index in [1.54, 1.807) is 25.1 Å². The highest BCUT2D eigenvalue weighted by Crippen LogP contribution is 2.19. The second-order valence-corrected chi connectivity index (χ2v) is 6.47. The summed E-state index contributed by atoms with van der Waals surface area (Å²) in [5.41, 5.74) is 0.293. The smallest absolute Gasteiger partial charge is 0.319 e. The van der Waals surface area contributed by atoms with Crippen LogP contribution in [0, 0.1) is 10.1 Å². The molecule has 1 aromatic rings. The number of nitro groups is 1. The number of anilines is 1. The number of likely N-dealkylation sites (tertiary alicyclic amines) is 1. The lowest BCUT2D eigenvalue weighted by Crippen LogP contribution is -2.43. The van der Waals surface area contributed by atoms with Crippen molar-refractivity contribution in [2.24, 2.45) is 0 Å². The van der Waals surface area contributed by atoms with Crippen LogP contribution >= 0.6 is 0 Å². The fourth-order valence-corrected chi connectivity index (χ4v) is 3.03. The van der Waals surface area contributed by atoms with E-state index in [-0.39, 0.29) is 17.6 Å². The van der Waals surface area contributed by atoms with E-state index in [4.69, 9.17) is 0 Å². The summed E-state index contributed by atoms with van der Waals surface area (Å²) in [4.78, 5) is 38.0. The molecular formula is C17H25N5O4. The van der Waals surface area contributed by atoms with E-state index in [1.165, 1.54) is 18.2 Å². The number of carbonyl (C=O) groups excluding carboxylic acids is 2. The first-order valence-electron chi connectivity index (χ1n) is 8.63. The maximum Gasteiger partial charge on any atom is 0.319 e. The fraction of sp³-hybridized carbons (Fsp3) is 0.529. The van der Waals surface area contributed by atoms with E-state index in [0.29, 0.717) is 12.2 Å². The monoisotopic (exact) mass is 363 g/mol. The molecule has 26 heavy (non-hydrogen) atoms. The molecule has 1 aliphatic rings. The number of nitro benzene ring substituents is 1. The van der Waals surface area contributed by atoms with Gasteiger partial charge in [-0.1, -0.05) is 6.07 Å². The quantitative estimate of drug-likeness (QED) is 0.435. The first kappa shape index (κ1) is 19.6. The van der Waals surface area contributed by atoms with Gasteiger partial charge in [0.1, 0.15) is 0 Å². The summed E-state index contributed by atoms with van der Waals surface area (Å²) < 4.78 is 0. The van der Waals surface area contributed by atoms with E-state index in [1.807, 2.05) is 0 Å². The van der Waals surface area contributed by atoms with Gasteiger partial charge in [-0.05, 0) is 31.9 Å². The number of benzene rings is 1. The van der Waals surface area contributed by atoms with Gasteiger partial charge in [0.15, 0.2) is 0 Å². The average molecular weight is 363 g/mol. The number of likely N-dealkylation sites (N-methyl/N-ethyl adjacent to an activating group) is 1. The van der Waals surface area contributed by atoms with E-state index in [2.05, 4.69) is 15.5 Å². The van der Waals surface area contributed by atoms with Crippen LogP contribution < -0.4 is 10.6 Å². The molecule has 0 spiro atoms. The van der Waals surface area contributed by atoms with Gasteiger partial charge in [0.25, 0.3) is 5.69 Å². The van der Waals surface area contributed by atoms with Crippen LogP contribution in [0.1, 0.15) is 19.3 Å². The predicted molar refractivity (Wildman–Crippen MR) is 98.0 cm³/mol. The SMILES string of the molecule is CN(C)C(=O)[C@H]1CCCN1CCCNC(=O)Nc1cccc([N+](=O)[O-])c1. The van der Waals surface area contributed by atoms with Crippen LogP contribution in [-0.2, 0) is 4.79 Å². The van der Waals surface area contributed by atoms with Crippen molar-refractivity contribution in [3.63, 3.8) is 0 Å². The summed E-state index contributed by atoms with van der Waals surface area (Å²) in [6, 6.07) is 5.31. The zero-order chi connectivity index (χ0) is 19.1. The molecule has 1 aliphatic heterocycles. The van der Waals surface area contributed by atoms with E-state index < -0.39 is 11.0 Å². The largest absolute Gasteiger partial charge is 0.347 e. The Balaban J connectivity index is 1.72. The van der Waals surface area contributed by atoms with E-state index >= 15 is 0 Å². The molecule has 9 nitrogen and oxygen atoms in total. The standard InChI is InChI=1S/C17H25N5O4/c1-20(2)16(23)15-8-4-10-21(15)11-5-9-18-17(24)19-13-6-3-7-14(12-13)22(25)26/h3,6-7,12,15H,4-5,8-11H2,1-2H3,(H2,18,19,24)/t15-/m1/s1. The Labute approximate surface area is 152 Å². The maximum atomic E-state index is 12.1. The minimum atomic E-state index is -0.509. The van der Waals surface area contributed by atoms with E-state index in [9.17, 15) is 19.7 Å². The lowest BCUT2D eigenvalue weighted by molar-refractivity contribution is -0.384. The van der Waals surface area contributed by atoms with Crippen molar-refractivity contribution in [2.45, 2.75) is 25.3 Å². The number of nitrogens with one attached hydrogen (secondary N) is 2.